The highest BCUT2D eigenvalue weighted by molar-refractivity contribution is 6.32. The molecule has 15 heavy (non-hydrogen) atoms. The van der Waals surface area contributed by atoms with Gasteiger partial charge in [0.2, 0.25) is 6.26 Å². The molecule has 2 nitrogen and oxygen atoms in total. The second-order valence-electron chi connectivity index (χ2n) is 4.45. The minimum Gasteiger partial charge on any atom is -0.452 e. The van der Waals surface area contributed by atoms with E-state index in [1.165, 1.54) is 0 Å². The van der Waals surface area contributed by atoms with Gasteiger partial charge in [-0.2, -0.15) is 0 Å². The van der Waals surface area contributed by atoms with Crippen molar-refractivity contribution >= 4 is 11.6 Å². The number of halogens is 1. The zero-order valence-electron chi connectivity index (χ0n) is 8.93. The molecule has 0 unspecified atom stereocenters. The average molecular weight is 224 g/mol. The summed E-state index contributed by atoms with van der Waals surface area (Å²) < 4.78 is 11.0. The van der Waals surface area contributed by atoms with E-state index < -0.39 is 0 Å². The van der Waals surface area contributed by atoms with Crippen LogP contribution in [0, 0.1) is 11.7 Å². The summed E-state index contributed by atoms with van der Waals surface area (Å²) in [7, 11) is 0. The van der Waals surface area contributed by atoms with E-state index in [1.807, 2.05) is 26.8 Å². The SMILES string of the molecule is CC(C)(C)C1=[C]Oc2cccc(Cl)c2O1. The van der Waals surface area contributed by atoms with Crippen molar-refractivity contribution in [3.63, 3.8) is 0 Å². The van der Waals surface area contributed by atoms with Crippen molar-refractivity contribution in [2.75, 3.05) is 0 Å². The van der Waals surface area contributed by atoms with Crippen molar-refractivity contribution in [1.82, 2.24) is 0 Å². The Labute approximate surface area is 94.5 Å². The van der Waals surface area contributed by atoms with Gasteiger partial charge in [0, 0.05) is 5.41 Å². The largest absolute Gasteiger partial charge is 0.452 e. The number of rotatable bonds is 0. The van der Waals surface area contributed by atoms with Crippen LogP contribution in [-0.2, 0) is 0 Å². The lowest BCUT2D eigenvalue weighted by Gasteiger charge is -2.26. The third kappa shape index (κ3) is 1.95. The number of hydrogen-bond acceptors (Lipinski definition) is 2. The molecule has 0 aliphatic carbocycles. The zero-order valence-corrected chi connectivity index (χ0v) is 9.68. The Balaban J connectivity index is 2.37. The molecule has 1 aliphatic heterocycles. The second kappa shape index (κ2) is 3.46. The minimum absolute atomic E-state index is 0.142. The van der Waals surface area contributed by atoms with Crippen LogP contribution in [0.15, 0.2) is 24.0 Å². The Kier molecular flexibility index (Phi) is 2.39. The van der Waals surface area contributed by atoms with Crippen LogP contribution in [0.2, 0.25) is 5.02 Å². The summed E-state index contributed by atoms with van der Waals surface area (Å²) in [5, 5.41) is 0.552. The topological polar surface area (TPSA) is 18.5 Å². The highest BCUT2D eigenvalue weighted by Gasteiger charge is 2.26. The summed E-state index contributed by atoms with van der Waals surface area (Å²) in [6, 6.07) is 5.39. The smallest absolute Gasteiger partial charge is 0.212 e. The number of para-hydroxylation sites is 1. The van der Waals surface area contributed by atoms with Gasteiger partial charge in [0.05, 0.1) is 5.02 Å². The molecule has 1 aromatic rings. The van der Waals surface area contributed by atoms with Gasteiger partial charge in [-0.1, -0.05) is 38.4 Å². The molecule has 1 aromatic carbocycles. The third-order valence-electron chi connectivity index (χ3n) is 2.07. The monoisotopic (exact) mass is 223 g/mol. The lowest BCUT2D eigenvalue weighted by atomic mass is 9.94. The average Bonchev–Trinajstić information content (AvgIpc) is 2.16. The molecule has 0 bridgehead atoms. The fourth-order valence-electron chi connectivity index (χ4n) is 1.20. The van der Waals surface area contributed by atoms with Gasteiger partial charge in [-0.05, 0) is 12.1 Å². The van der Waals surface area contributed by atoms with Gasteiger partial charge >= 0.3 is 0 Å². The molecule has 0 fully saturated rings. The predicted octanol–water partition coefficient (Wildman–Crippen LogP) is 3.80. The Morgan fingerprint density at radius 3 is 2.67 bits per heavy atom. The Hall–Kier alpha value is -1.15. The van der Waals surface area contributed by atoms with Crippen molar-refractivity contribution in [3.05, 3.63) is 35.2 Å². The van der Waals surface area contributed by atoms with E-state index in [0.29, 0.717) is 22.3 Å². The van der Waals surface area contributed by atoms with Crippen LogP contribution < -0.4 is 9.47 Å². The number of fused-ring (bicyclic) bond motifs is 1. The van der Waals surface area contributed by atoms with E-state index in [1.54, 1.807) is 12.1 Å². The molecule has 0 atom stereocenters. The Morgan fingerprint density at radius 2 is 2.00 bits per heavy atom. The van der Waals surface area contributed by atoms with Crippen LogP contribution in [0.3, 0.4) is 0 Å². The molecule has 0 saturated heterocycles. The van der Waals surface area contributed by atoms with E-state index >= 15 is 0 Å². The molecule has 1 heterocycles. The summed E-state index contributed by atoms with van der Waals surface area (Å²) in [5.74, 6) is 1.83. The van der Waals surface area contributed by atoms with Crippen molar-refractivity contribution in [1.29, 1.82) is 0 Å². The molecule has 1 aliphatic rings. The lowest BCUT2D eigenvalue weighted by Crippen LogP contribution is -2.19. The standard InChI is InChI=1S/C12H12ClO2/c1-12(2,3)10-7-14-9-6-4-5-8(13)11(9)15-10/h4-6H,1-3H3. The first-order valence-corrected chi connectivity index (χ1v) is 5.13. The summed E-state index contributed by atoms with van der Waals surface area (Å²) in [5.41, 5.74) is -0.142. The van der Waals surface area contributed by atoms with Crippen LogP contribution in [0.1, 0.15) is 20.8 Å². The normalized spacial score (nSPS) is 14.8. The fourth-order valence-corrected chi connectivity index (χ4v) is 1.40. The van der Waals surface area contributed by atoms with Gasteiger partial charge < -0.3 is 9.47 Å². The summed E-state index contributed by atoms with van der Waals surface area (Å²) in [6.45, 7) is 6.08. The predicted molar refractivity (Wildman–Crippen MR) is 58.9 cm³/mol. The van der Waals surface area contributed by atoms with Gasteiger partial charge in [0.15, 0.2) is 17.3 Å². The van der Waals surface area contributed by atoms with Crippen LogP contribution >= 0.6 is 11.6 Å². The molecule has 0 aromatic heterocycles. The van der Waals surface area contributed by atoms with E-state index in [9.17, 15) is 0 Å². The zero-order chi connectivity index (χ0) is 11.1. The first-order valence-electron chi connectivity index (χ1n) is 4.75. The number of ether oxygens (including phenoxy) is 2. The maximum Gasteiger partial charge on any atom is 0.212 e. The van der Waals surface area contributed by atoms with Crippen molar-refractivity contribution < 1.29 is 9.47 Å². The highest BCUT2D eigenvalue weighted by atomic mass is 35.5. The minimum atomic E-state index is -0.142. The Morgan fingerprint density at radius 1 is 1.27 bits per heavy atom. The van der Waals surface area contributed by atoms with Gasteiger partial charge in [-0.15, -0.1) is 0 Å². The van der Waals surface area contributed by atoms with E-state index in [2.05, 4.69) is 6.26 Å². The summed E-state index contributed by atoms with van der Waals surface area (Å²) >= 11 is 6.01. The molecular formula is C12H12ClO2. The maximum absolute atomic E-state index is 6.01. The van der Waals surface area contributed by atoms with E-state index in [4.69, 9.17) is 21.1 Å². The van der Waals surface area contributed by atoms with Crippen LogP contribution in [0.25, 0.3) is 0 Å². The molecule has 79 valence electrons. The quantitative estimate of drug-likeness (QED) is 0.666. The van der Waals surface area contributed by atoms with Gasteiger partial charge in [-0.25, -0.2) is 0 Å². The fraction of sp³-hybridized carbons (Fsp3) is 0.333. The van der Waals surface area contributed by atoms with Gasteiger partial charge in [0.1, 0.15) is 0 Å². The molecule has 3 heteroatoms. The van der Waals surface area contributed by atoms with Gasteiger partial charge in [0.25, 0.3) is 0 Å². The first kappa shape index (κ1) is 10.4. The summed E-state index contributed by atoms with van der Waals surface area (Å²) in [4.78, 5) is 0. The molecule has 0 N–H and O–H groups in total. The number of allylic oxidation sites excluding steroid dienone is 1. The van der Waals surface area contributed by atoms with Crippen molar-refractivity contribution in [2.24, 2.45) is 5.41 Å². The molecule has 0 amide bonds. The lowest BCUT2D eigenvalue weighted by molar-refractivity contribution is 0.231. The second-order valence-corrected chi connectivity index (χ2v) is 4.86. The molecule has 0 spiro atoms. The molecule has 0 saturated carbocycles. The molecular weight excluding hydrogens is 212 g/mol. The number of benzene rings is 1. The van der Waals surface area contributed by atoms with Crippen LogP contribution in [-0.4, -0.2) is 0 Å². The highest BCUT2D eigenvalue weighted by Crippen LogP contribution is 2.41. The van der Waals surface area contributed by atoms with E-state index in [0.717, 1.165) is 0 Å². The van der Waals surface area contributed by atoms with E-state index in [-0.39, 0.29) is 5.41 Å². The molecule has 1 radical (unpaired) electrons. The summed E-state index contributed by atoms with van der Waals surface area (Å²) in [6.07, 6.45) is 2.78. The van der Waals surface area contributed by atoms with Crippen molar-refractivity contribution in [3.8, 4) is 11.5 Å². The van der Waals surface area contributed by atoms with Crippen LogP contribution in [0.5, 0.6) is 11.5 Å². The van der Waals surface area contributed by atoms with Gasteiger partial charge in [-0.3, -0.25) is 0 Å². The maximum atomic E-state index is 6.01. The van der Waals surface area contributed by atoms with Crippen molar-refractivity contribution in [2.45, 2.75) is 20.8 Å². The molecule has 2 rings (SSSR count). The Bertz CT molecular complexity index is 416. The first-order chi connectivity index (χ1) is 6.98. The van der Waals surface area contributed by atoms with Crippen LogP contribution in [0.4, 0.5) is 0 Å². The number of hydrogen-bond donors (Lipinski definition) is 0. The third-order valence-corrected chi connectivity index (χ3v) is 2.37.